The average molecular weight is 308 g/mol. The third-order valence-corrected chi connectivity index (χ3v) is 6.30. The zero-order chi connectivity index (χ0) is 13.3. The Morgan fingerprint density at radius 3 is 2.44 bits per heavy atom. The average Bonchev–Trinajstić information content (AvgIpc) is 2.85. The number of halogens is 2. The number of hydrogen-bond donors (Lipinski definition) is 0. The zero-order valence-electron chi connectivity index (χ0n) is 10.1. The fourth-order valence-corrected chi connectivity index (χ4v) is 4.45. The highest BCUT2D eigenvalue weighted by Gasteiger charge is 2.31. The molecule has 3 nitrogen and oxygen atoms in total. The molecule has 1 aromatic rings. The Bertz CT molecular complexity index is 539. The van der Waals surface area contributed by atoms with Crippen molar-refractivity contribution in [2.24, 2.45) is 0 Å². The second-order valence-electron chi connectivity index (χ2n) is 4.51. The number of nitrogens with zero attached hydrogens (tertiary/aromatic N) is 1. The van der Waals surface area contributed by atoms with Crippen molar-refractivity contribution in [1.29, 1.82) is 0 Å². The van der Waals surface area contributed by atoms with Crippen LogP contribution >= 0.6 is 23.2 Å². The van der Waals surface area contributed by atoms with Crippen molar-refractivity contribution >= 4 is 33.2 Å². The standard InChI is InChI=1S/C12H15Cl2NO2S/c1-15(9-5-2-3-6-9)18(16,17)11-8-4-7-10(13)12(11)14/h4,7-9H,2-3,5-6H2,1H3. The minimum absolute atomic E-state index is 0.0741. The number of rotatable bonds is 3. The van der Waals surface area contributed by atoms with Crippen LogP contribution in [-0.4, -0.2) is 25.8 Å². The zero-order valence-corrected chi connectivity index (χ0v) is 12.4. The smallest absolute Gasteiger partial charge is 0.207 e. The molecule has 0 spiro atoms. The highest BCUT2D eigenvalue weighted by molar-refractivity contribution is 7.89. The van der Waals surface area contributed by atoms with Crippen LogP contribution in [0.5, 0.6) is 0 Å². The molecule has 0 aliphatic heterocycles. The molecule has 0 amide bonds. The maximum absolute atomic E-state index is 12.5. The van der Waals surface area contributed by atoms with Gasteiger partial charge in [0.2, 0.25) is 10.0 Å². The molecule has 1 aliphatic rings. The second-order valence-corrected chi connectivity index (χ2v) is 7.26. The van der Waals surface area contributed by atoms with Gasteiger partial charge in [-0.1, -0.05) is 42.1 Å². The van der Waals surface area contributed by atoms with Crippen molar-refractivity contribution in [2.75, 3.05) is 7.05 Å². The summed E-state index contributed by atoms with van der Waals surface area (Å²) >= 11 is 11.9. The highest BCUT2D eigenvalue weighted by atomic mass is 35.5. The monoisotopic (exact) mass is 307 g/mol. The molecular weight excluding hydrogens is 293 g/mol. The van der Waals surface area contributed by atoms with Gasteiger partial charge >= 0.3 is 0 Å². The van der Waals surface area contributed by atoms with Crippen LogP contribution < -0.4 is 0 Å². The Labute approximate surface area is 118 Å². The molecule has 2 rings (SSSR count). The maximum atomic E-state index is 12.5. The topological polar surface area (TPSA) is 37.4 Å². The Morgan fingerprint density at radius 1 is 1.22 bits per heavy atom. The second kappa shape index (κ2) is 5.37. The quantitative estimate of drug-likeness (QED) is 0.856. The van der Waals surface area contributed by atoms with Gasteiger partial charge in [-0.2, -0.15) is 4.31 Å². The molecule has 0 bridgehead atoms. The molecule has 0 aromatic heterocycles. The van der Waals surface area contributed by atoms with Gasteiger partial charge in [-0.15, -0.1) is 0 Å². The first-order valence-corrected chi connectivity index (χ1v) is 8.06. The van der Waals surface area contributed by atoms with Crippen molar-refractivity contribution in [3.8, 4) is 0 Å². The van der Waals surface area contributed by atoms with Gasteiger partial charge in [0.15, 0.2) is 0 Å². The lowest BCUT2D eigenvalue weighted by Crippen LogP contribution is -2.35. The van der Waals surface area contributed by atoms with E-state index in [9.17, 15) is 8.42 Å². The van der Waals surface area contributed by atoms with Crippen molar-refractivity contribution in [3.63, 3.8) is 0 Å². The summed E-state index contributed by atoms with van der Waals surface area (Å²) in [5.41, 5.74) is 0. The van der Waals surface area contributed by atoms with E-state index >= 15 is 0 Å². The third-order valence-electron chi connectivity index (χ3n) is 3.41. The summed E-state index contributed by atoms with van der Waals surface area (Å²) in [6, 6.07) is 4.75. The molecule has 1 saturated carbocycles. The fraction of sp³-hybridized carbons (Fsp3) is 0.500. The van der Waals surface area contributed by atoms with Gasteiger partial charge in [-0.05, 0) is 25.0 Å². The van der Waals surface area contributed by atoms with E-state index in [1.165, 1.54) is 10.4 Å². The Balaban J connectivity index is 2.38. The lowest BCUT2D eigenvalue weighted by molar-refractivity contribution is 0.373. The maximum Gasteiger partial charge on any atom is 0.244 e. The summed E-state index contributed by atoms with van der Waals surface area (Å²) in [5, 5.41) is 0.363. The molecule has 0 saturated heterocycles. The van der Waals surface area contributed by atoms with Crippen molar-refractivity contribution in [2.45, 2.75) is 36.6 Å². The van der Waals surface area contributed by atoms with Crippen LogP contribution in [0.15, 0.2) is 23.1 Å². The molecule has 0 atom stereocenters. The molecule has 18 heavy (non-hydrogen) atoms. The van der Waals surface area contributed by atoms with Crippen molar-refractivity contribution in [3.05, 3.63) is 28.2 Å². The highest BCUT2D eigenvalue weighted by Crippen LogP contribution is 2.33. The SMILES string of the molecule is CN(C1CCCC1)S(=O)(=O)c1cccc(Cl)c1Cl. The minimum atomic E-state index is -3.56. The molecule has 0 heterocycles. The Morgan fingerprint density at radius 2 is 1.83 bits per heavy atom. The molecule has 100 valence electrons. The molecule has 1 aromatic carbocycles. The van der Waals surface area contributed by atoms with Crippen LogP contribution in [0.4, 0.5) is 0 Å². The van der Waals surface area contributed by atoms with E-state index in [0.29, 0.717) is 0 Å². The summed E-state index contributed by atoms with van der Waals surface area (Å²) in [7, 11) is -1.94. The van der Waals surface area contributed by atoms with E-state index in [0.717, 1.165) is 25.7 Å². The predicted octanol–water partition coefficient (Wildman–Crippen LogP) is 3.56. The van der Waals surface area contributed by atoms with E-state index in [4.69, 9.17) is 23.2 Å². The number of benzene rings is 1. The molecule has 1 aliphatic carbocycles. The third kappa shape index (κ3) is 2.52. The first-order chi connectivity index (χ1) is 8.44. The first-order valence-electron chi connectivity index (χ1n) is 5.86. The van der Waals surface area contributed by atoms with Gasteiger partial charge < -0.3 is 0 Å². The normalized spacial score (nSPS) is 17.6. The summed E-state index contributed by atoms with van der Waals surface area (Å²) < 4.78 is 26.4. The van der Waals surface area contributed by atoms with Crippen molar-refractivity contribution < 1.29 is 8.42 Å². The van der Waals surface area contributed by atoms with Crippen molar-refractivity contribution in [1.82, 2.24) is 4.31 Å². The van der Waals surface area contributed by atoms with Gasteiger partial charge in [-0.3, -0.25) is 0 Å². The van der Waals surface area contributed by atoms with E-state index < -0.39 is 10.0 Å². The lowest BCUT2D eigenvalue weighted by atomic mass is 10.3. The van der Waals surface area contributed by atoms with E-state index in [1.807, 2.05) is 0 Å². The van der Waals surface area contributed by atoms with Gasteiger partial charge in [0.25, 0.3) is 0 Å². The first kappa shape index (κ1) is 14.1. The molecule has 0 N–H and O–H groups in total. The summed E-state index contributed by atoms with van der Waals surface area (Å²) in [4.78, 5) is 0.0890. The van der Waals surface area contributed by atoms with Gasteiger partial charge in [0.1, 0.15) is 4.90 Å². The van der Waals surface area contributed by atoms with Gasteiger partial charge in [0.05, 0.1) is 10.0 Å². The fourth-order valence-electron chi connectivity index (χ4n) is 2.30. The summed E-state index contributed by atoms with van der Waals surface area (Å²) in [6.45, 7) is 0. The van der Waals surface area contributed by atoms with Crippen LogP contribution in [0.1, 0.15) is 25.7 Å². The van der Waals surface area contributed by atoms with E-state index in [2.05, 4.69) is 0 Å². The van der Waals surface area contributed by atoms with Gasteiger partial charge in [-0.25, -0.2) is 8.42 Å². The minimum Gasteiger partial charge on any atom is -0.207 e. The number of sulfonamides is 1. The predicted molar refractivity (Wildman–Crippen MR) is 73.7 cm³/mol. The Hall–Kier alpha value is -0.290. The lowest BCUT2D eigenvalue weighted by Gasteiger charge is -2.24. The van der Waals surface area contributed by atoms with Crippen LogP contribution in [0, 0.1) is 0 Å². The molecule has 0 radical (unpaired) electrons. The molecule has 0 unspecified atom stereocenters. The molecule has 6 heteroatoms. The largest absolute Gasteiger partial charge is 0.244 e. The van der Waals surface area contributed by atoms with Crippen LogP contribution in [0.2, 0.25) is 10.0 Å². The number of hydrogen-bond acceptors (Lipinski definition) is 2. The summed E-state index contributed by atoms with van der Waals surface area (Å²) in [5.74, 6) is 0. The van der Waals surface area contributed by atoms with Crippen LogP contribution in [0.25, 0.3) is 0 Å². The summed E-state index contributed by atoms with van der Waals surface area (Å²) in [6.07, 6.45) is 3.98. The van der Waals surface area contributed by atoms with Crippen LogP contribution in [0.3, 0.4) is 0 Å². The van der Waals surface area contributed by atoms with Crippen LogP contribution in [-0.2, 0) is 10.0 Å². The van der Waals surface area contributed by atoms with E-state index in [-0.39, 0.29) is 21.0 Å². The Kier molecular flexibility index (Phi) is 4.22. The van der Waals surface area contributed by atoms with Gasteiger partial charge in [0, 0.05) is 13.1 Å². The molecule has 1 fully saturated rings. The molecular formula is C12H15Cl2NO2S. The van der Waals surface area contributed by atoms with E-state index in [1.54, 1.807) is 19.2 Å².